The Morgan fingerprint density at radius 2 is 2.15 bits per heavy atom. The van der Waals surface area contributed by atoms with Crippen molar-refractivity contribution in [3.8, 4) is 0 Å². The third kappa shape index (κ3) is 1.25. The molecule has 1 heterocycles. The summed E-state index contributed by atoms with van der Waals surface area (Å²) in [6, 6.07) is 8.14. The van der Waals surface area contributed by atoms with Crippen LogP contribution in [0.15, 0.2) is 37.0 Å². The molecule has 0 saturated carbocycles. The molecule has 13 heavy (non-hydrogen) atoms. The van der Waals surface area contributed by atoms with Crippen molar-refractivity contribution in [2.45, 2.75) is 0 Å². The fourth-order valence-corrected chi connectivity index (χ4v) is 1.47. The number of aromatic nitrogens is 1. The van der Waals surface area contributed by atoms with Crippen LogP contribution in [0.2, 0.25) is 0 Å². The molecule has 0 amide bonds. The van der Waals surface area contributed by atoms with Crippen LogP contribution in [0.4, 0.5) is 0 Å². The van der Waals surface area contributed by atoms with E-state index in [1.165, 1.54) is 5.39 Å². The Morgan fingerprint density at radius 1 is 1.38 bits per heavy atom. The summed E-state index contributed by atoms with van der Waals surface area (Å²) in [7, 11) is 0. The average molecular weight is 172 g/mol. The van der Waals surface area contributed by atoms with Crippen molar-refractivity contribution < 1.29 is 0 Å². The number of H-pyrrole nitrogens is 1. The number of hydrogen-bond donors (Lipinski definition) is 2. The van der Waals surface area contributed by atoms with E-state index in [-0.39, 0.29) is 0 Å². The first-order valence-corrected chi connectivity index (χ1v) is 4.27. The molecule has 0 unspecified atom stereocenters. The number of aromatic amines is 1. The van der Waals surface area contributed by atoms with Gasteiger partial charge in [-0.25, -0.2) is 0 Å². The molecule has 0 fully saturated rings. The van der Waals surface area contributed by atoms with E-state index in [4.69, 9.17) is 5.73 Å². The largest absolute Gasteiger partial charge is 0.361 e. The first-order valence-electron chi connectivity index (χ1n) is 4.27. The van der Waals surface area contributed by atoms with Crippen molar-refractivity contribution in [1.29, 1.82) is 0 Å². The predicted molar refractivity (Wildman–Crippen MR) is 56.4 cm³/mol. The molecule has 0 atom stereocenters. The molecule has 0 aliphatic rings. The number of rotatable bonds is 2. The van der Waals surface area contributed by atoms with Crippen LogP contribution in [0.3, 0.4) is 0 Å². The van der Waals surface area contributed by atoms with Crippen LogP contribution >= 0.6 is 0 Å². The molecule has 0 aliphatic heterocycles. The van der Waals surface area contributed by atoms with Gasteiger partial charge in [-0.3, -0.25) is 0 Å². The summed E-state index contributed by atoms with van der Waals surface area (Å²) >= 11 is 0. The molecule has 2 aromatic rings. The average Bonchev–Trinajstić information content (AvgIpc) is 2.60. The molecule has 3 N–H and O–H groups in total. The summed E-state index contributed by atoms with van der Waals surface area (Å²) in [4.78, 5) is 3.19. The summed E-state index contributed by atoms with van der Waals surface area (Å²) in [6.07, 6.45) is 1.96. The Bertz CT molecular complexity index is 440. The third-order valence-electron chi connectivity index (χ3n) is 2.22. The van der Waals surface area contributed by atoms with Crippen molar-refractivity contribution in [2.75, 3.05) is 6.54 Å². The smallest absolute Gasteiger partial charge is 0.0460 e. The highest BCUT2D eigenvalue weighted by molar-refractivity contribution is 5.92. The maximum Gasteiger partial charge on any atom is 0.0460 e. The number of nitrogens with two attached hydrogens (primary N) is 1. The first-order chi connectivity index (χ1) is 6.33. The van der Waals surface area contributed by atoms with E-state index >= 15 is 0 Å². The Labute approximate surface area is 77.1 Å². The van der Waals surface area contributed by atoms with Gasteiger partial charge in [-0.1, -0.05) is 24.8 Å². The molecule has 2 rings (SSSR count). The van der Waals surface area contributed by atoms with Crippen molar-refractivity contribution in [3.05, 3.63) is 42.6 Å². The van der Waals surface area contributed by atoms with Crippen LogP contribution in [0.25, 0.3) is 16.5 Å². The molecule has 2 nitrogen and oxygen atoms in total. The molecule has 66 valence electrons. The highest BCUT2D eigenvalue weighted by atomic mass is 14.7. The minimum absolute atomic E-state index is 0.502. The number of nitrogens with one attached hydrogen (secondary N) is 1. The van der Waals surface area contributed by atoms with Gasteiger partial charge >= 0.3 is 0 Å². The maximum atomic E-state index is 5.54. The predicted octanol–water partition coefficient (Wildman–Crippen LogP) is 2.14. The van der Waals surface area contributed by atoms with Crippen LogP contribution in [0.1, 0.15) is 5.56 Å². The molecule has 1 aromatic heterocycles. The van der Waals surface area contributed by atoms with Crippen LogP contribution in [0.5, 0.6) is 0 Å². The SMILES string of the molecule is C=C(CN)c1c[nH]c2ccccc12. The van der Waals surface area contributed by atoms with Gasteiger partial charge in [0.25, 0.3) is 0 Å². The lowest BCUT2D eigenvalue weighted by atomic mass is 10.1. The van der Waals surface area contributed by atoms with Gasteiger partial charge in [0.2, 0.25) is 0 Å². The van der Waals surface area contributed by atoms with E-state index in [1.54, 1.807) is 0 Å². The van der Waals surface area contributed by atoms with Crippen molar-refractivity contribution in [2.24, 2.45) is 5.73 Å². The quantitative estimate of drug-likeness (QED) is 0.716. The third-order valence-corrected chi connectivity index (χ3v) is 2.22. The van der Waals surface area contributed by atoms with E-state index in [1.807, 2.05) is 24.4 Å². The second-order valence-corrected chi connectivity index (χ2v) is 3.06. The van der Waals surface area contributed by atoms with Crippen LogP contribution < -0.4 is 5.73 Å². The summed E-state index contributed by atoms with van der Waals surface area (Å²) in [5.74, 6) is 0. The second kappa shape index (κ2) is 3.07. The maximum absolute atomic E-state index is 5.54. The summed E-state index contributed by atoms with van der Waals surface area (Å²) in [6.45, 7) is 4.42. The Morgan fingerprint density at radius 3 is 2.92 bits per heavy atom. The molecule has 0 radical (unpaired) electrons. The highest BCUT2D eigenvalue weighted by Crippen LogP contribution is 2.22. The number of hydrogen-bond acceptors (Lipinski definition) is 1. The normalized spacial score (nSPS) is 10.5. The molecular weight excluding hydrogens is 160 g/mol. The van der Waals surface area contributed by atoms with Crippen molar-refractivity contribution >= 4 is 16.5 Å². The minimum Gasteiger partial charge on any atom is -0.361 e. The number of fused-ring (bicyclic) bond motifs is 1. The van der Waals surface area contributed by atoms with Gasteiger partial charge in [-0.15, -0.1) is 0 Å². The molecule has 0 saturated heterocycles. The summed E-state index contributed by atoms with van der Waals surface area (Å²) in [5, 5.41) is 1.19. The van der Waals surface area contributed by atoms with Gasteiger partial charge in [0.05, 0.1) is 0 Å². The minimum atomic E-state index is 0.502. The lowest BCUT2D eigenvalue weighted by molar-refractivity contribution is 1.27. The Hall–Kier alpha value is -1.54. The van der Waals surface area contributed by atoms with Crippen molar-refractivity contribution in [3.63, 3.8) is 0 Å². The van der Waals surface area contributed by atoms with Gasteiger partial charge in [-0.05, 0) is 11.6 Å². The standard InChI is InChI=1S/C11H12N2/c1-8(6-12)10-7-13-11-5-3-2-4-9(10)11/h2-5,7,13H,1,6,12H2. The Balaban J connectivity index is 2.64. The monoisotopic (exact) mass is 172 g/mol. The van der Waals surface area contributed by atoms with Gasteiger partial charge < -0.3 is 10.7 Å². The van der Waals surface area contributed by atoms with Crippen LogP contribution in [-0.2, 0) is 0 Å². The molecule has 0 spiro atoms. The topological polar surface area (TPSA) is 41.8 Å². The highest BCUT2D eigenvalue weighted by Gasteiger charge is 2.03. The van der Waals surface area contributed by atoms with Gasteiger partial charge in [0.1, 0.15) is 0 Å². The first kappa shape index (κ1) is 8.08. The fraction of sp³-hybridized carbons (Fsp3) is 0.0909. The lowest BCUT2D eigenvalue weighted by Crippen LogP contribution is -2.00. The molecule has 2 heteroatoms. The van der Waals surface area contributed by atoms with Gasteiger partial charge in [0.15, 0.2) is 0 Å². The van der Waals surface area contributed by atoms with Gasteiger partial charge in [-0.2, -0.15) is 0 Å². The van der Waals surface area contributed by atoms with Crippen LogP contribution in [0, 0.1) is 0 Å². The zero-order valence-electron chi connectivity index (χ0n) is 7.38. The van der Waals surface area contributed by atoms with Crippen molar-refractivity contribution in [1.82, 2.24) is 4.98 Å². The lowest BCUT2D eigenvalue weighted by Gasteiger charge is -1.98. The number of para-hydroxylation sites is 1. The number of benzene rings is 1. The van der Waals surface area contributed by atoms with E-state index in [9.17, 15) is 0 Å². The summed E-state index contributed by atoms with van der Waals surface area (Å²) in [5.41, 5.74) is 8.77. The Kier molecular flexibility index (Phi) is 1.91. The zero-order chi connectivity index (χ0) is 9.26. The zero-order valence-corrected chi connectivity index (χ0v) is 7.38. The molecular formula is C11H12N2. The van der Waals surface area contributed by atoms with Gasteiger partial charge in [0, 0.05) is 29.2 Å². The van der Waals surface area contributed by atoms with E-state index < -0.39 is 0 Å². The molecule has 0 bridgehead atoms. The van der Waals surface area contributed by atoms with E-state index in [2.05, 4.69) is 17.6 Å². The molecule has 1 aromatic carbocycles. The summed E-state index contributed by atoms with van der Waals surface area (Å²) < 4.78 is 0. The molecule has 0 aliphatic carbocycles. The fourth-order valence-electron chi connectivity index (χ4n) is 1.47. The second-order valence-electron chi connectivity index (χ2n) is 3.06. The van der Waals surface area contributed by atoms with Crippen LogP contribution in [-0.4, -0.2) is 11.5 Å². The van der Waals surface area contributed by atoms with E-state index in [0.29, 0.717) is 6.54 Å². The van der Waals surface area contributed by atoms with E-state index in [0.717, 1.165) is 16.7 Å².